The minimum Gasteiger partial charge on any atom is -0.496 e. The maximum absolute atomic E-state index is 13.8. The molecule has 2 atom stereocenters. The Morgan fingerprint density at radius 1 is 1.12 bits per heavy atom. The van der Waals surface area contributed by atoms with Crippen LogP contribution in [0.2, 0.25) is 0 Å². The average Bonchev–Trinajstić information content (AvgIpc) is 2.91. The molecule has 0 aliphatic carbocycles. The van der Waals surface area contributed by atoms with Crippen molar-refractivity contribution in [3.8, 4) is 17.2 Å². The quantitative estimate of drug-likeness (QED) is 0.153. The van der Waals surface area contributed by atoms with E-state index in [-0.39, 0.29) is 13.2 Å². The molecule has 0 radical (unpaired) electrons. The number of fused-ring (bicyclic) bond motifs is 1. The monoisotopic (exact) mass is 586 g/mol. The predicted octanol–water partition coefficient (Wildman–Crippen LogP) is 5.27. The Balaban J connectivity index is 1.82. The molecule has 0 fully saturated rings. The summed E-state index contributed by atoms with van der Waals surface area (Å²) in [6, 6.07) is 6.78. The van der Waals surface area contributed by atoms with Gasteiger partial charge in [0, 0.05) is 23.1 Å². The van der Waals surface area contributed by atoms with Gasteiger partial charge in [-0.3, -0.25) is 4.79 Å². The summed E-state index contributed by atoms with van der Waals surface area (Å²) in [7, 11) is 1.64. The highest BCUT2D eigenvalue weighted by Crippen LogP contribution is 2.44. The van der Waals surface area contributed by atoms with E-state index in [1.54, 1.807) is 38.3 Å². The lowest BCUT2D eigenvalue weighted by molar-refractivity contribution is -0.757. The summed E-state index contributed by atoms with van der Waals surface area (Å²) in [5.41, 5.74) is 2.36. The van der Waals surface area contributed by atoms with Crippen molar-refractivity contribution in [3.63, 3.8) is 0 Å². The van der Waals surface area contributed by atoms with Crippen LogP contribution in [0.4, 0.5) is 0 Å². The average molecular weight is 587 g/mol. The molecule has 42 heavy (non-hydrogen) atoms. The van der Waals surface area contributed by atoms with E-state index >= 15 is 0 Å². The van der Waals surface area contributed by atoms with Crippen molar-refractivity contribution >= 4 is 11.9 Å². The van der Waals surface area contributed by atoms with Crippen molar-refractivity contribution in [1.82, 2.24) is 5.32 Å². The number of esters is 1. The van der Waals surface area contributed by atoms with Gasteiger partial charge in [-0.15, -0.1) is 10.1 Å². The summed E-state index contributed by atoms with van der Waals surface area (Å²) < 4.78 is 23.7. The summed E-state index contributed by atoms with van der Waals surface area (Å²) in [4.78, 5) is 41.8. The number of unbranched alkanes of at least 4 members (excludes halogenated alkanes) is 1. The van der Waals surface area contributed by atoms with Crippen LogP contribution < -0.4 is 19.5 Å². The molecule has 0 saturated heterocycles. The van der Waals surface area contributed by atoms with Crippen molar-refractivity contribution in [3.05, 3.63) is 62.2 Å². The van der Waals surface area contributed by atoms with Crippen LogP contribution in [0.5, 0.6) is 17.2 Å². The number of methoxy groups -OCH3 is 1. The molecule has 2 unspecified atom stereocenters. The Kier molecular flexibility index (Phi) is 10.3. The molecular formula is C31H42N2O9. The minimum atomic E-state index is -1.31. The lowest BCUT2D eigenvalue weighted by atomic mass is 9.87. The summed E-state index contributed by atoms with van der Waals surface area (Å²) in [6.07, 6.45) is 0.669. The first-order chi connectivity index (χ1) is 19.7. The largest absolute Gasteiger partial charge is 0.496 e. The van der Waals surface area contributed by atoms with Gasteiger partial charge in [0.25, 0.3) is 11.0 Å². The Labute approximate surface area is 246 Å². The number of benzene rings is 2. The molecule has 1 aliphatic heterocycles. The number of nitrogens with zero attached hydrogens (tertiary/aromatic N) is 1. The van der Waals surface area contributed by atoms with Gasteiger partial charge in [0.05, 0.1) is 20.3 Å². The number of hydrogen-bond donors (Lipinski definition) is 1. The number of rotatable bonds is 12. The molecule has 1 aliphatic rings. The molecule has 3 rings (SSSR count). The Morgan fingerprint density at radius 3 is 2.45 bits per heavy atom. The second-order valence-electron chi connectivity index (χ2n) is 11.8. The molecule has 11 nitrogen and oxygen atoms in total. The van der Waals surface area contributed by atoms with Gasteiger partial charge in [-0.1, -0.05) is 12.1 Å². The third kappa shape index (κ3) is 7.83. The van der Waals surface area contributed by atoms with Crippen LogP contribution in [0.1, 0.15) is 80.9 Å². The summed E-state index contributed by atoms with van der Waals surface area (Å²) >= 11 is 0. The fraction of sp³-hybridized carbons (Fsp3) is 0.548. The number of nitrogens with one attached hydrogen (secondary N) is 1. The molecule has 0 aromatic heterocycles. The Morgan fingerprint density at radius 2 is 1.81 bits per heavy atom. The van der Waals surface area contributed by atoms with E-state index in [9.17, 15) is 19.7 Å². The molecule has 1 amide bonds. The van der Waals surface area contributed by atoms with E-state index in [0.717, 1.165) is 28.0 Å². The zero-order chi connectivity index (χ0) is 31.2. The fourth-order valence-corrected chi connectivity index (χ4v) is 4.92. The number of carbonyl (C=O) groups excluding carboxylic acids is 2. The van der Waals surface area contributed by atoms with Crippen molar-refractivity contribution < 1.29 is 38.5 Å². The van der Waals surface area contributed by atoms with E-state index in [4.69, 9.17) is 18.9 Å². The van der Waals surface area contributed by atoms with Crippen molar-refractivity contribution in [2.24, 2.45) is 0 Å². The molecule has 230 valence electrons. The SMILES string of the molecule is COc1c(C)c(C)c2c(c1C)CCC(C)(C(=O)OC(C(=O)NC(C)(C)C)c1cccc(OCCCCO[N+](=O)[O-])c1)O2. The lowest BCUT2D eigenvalue weighted by Gasteiger charge is -2.37. The van der Waals surface area contributed by atoms with Crippen LogP contribution in [-0.2, 0) is 25.6 Å². The molecule has 2 aromatic carbocycles. The number of hydrogen-bond acceptors (Lipinski definition) is 9. The summed E-state index contributed by atoms with van der Waals surface area (Å²) in [5, 5.41) is 12.4. The minimum absolute atomic E-state index is 0.0150. The molecule has 11 heteroatoms. The van der Waals surface area contributed by atoms with Crippen LogP contribution in [0.25, 0.3) is 0 Å². The molecule has 2 aromatic rings. The predicted molar refractivity (Wildman–Crippen MR) is 155 cm³/mol. The van der Waals surface area contributed by atoms with Crippen molar-refractivity contribution in [2.75, 3.05) is 20.3 Å². The zero-order valence-electron chi connectivity index (χ0n) is 25.8. The van der Waals surface area contributed by atoms with Crippen LogP contribution in [0, 0.1) is 30.9 Å². The third-order valence-corrected chi connectivity index (χ3v) is 7.25. The summed E-state index contributed by atoms with van der Waals surface area (Å²) in [5.74, 6) is 0.803. The van der Waals surface area contributed by atoms with Gasteiger partial charge in [0.2, 0.25) is 11.7 Å². The van der Waals surface area contributed by atoms with Gasteiger partial charge in [-0.25, -0.2) is 4.79 Å². The smallest absolute Gasteiger partial charge is 0.351 e. The topological polar surface area (TPSA) is 135 Å². The molecule has 0 spiro atoms. The van der Waals surface area contributed by atoms with Crippen LogP contribution in [0.3, 0.4) is 0 Å². The first kappa shape index (κ1) is 32.5. The van der Waals surface area contributed by atoms with Gasteiger partial charge >= 0.3 is 5.97 Å². The number of carbonyl (C=O) groups is 2. The molecule has 0 bridgehead atoms. The second-order valence-corrected chi connectivity index (χ2v) is 11.8. The highest BCUT2D eigenvalue weighted by molar-refractivity contribution is 5.88. The maximum atomic E-state index is 13.8. The van der Waals surface area contributed by atoms with E-state index in [1.807, 2.05) is 41.5 Å². The van der Waals surface area contributed by atoms with Gasteiger partial charge in [-0.05, 0) is 96.6 Å². The highest BCUT2D eigenvalue weighted by Gasteiger charge is 2.44. The van der Waals surface area contributed by atoms with Gasteiger partial charge in [0.15, 0.2) is 0 Å². The van der Waals surface area contributed by atoms with Gasteiger partial charge in [0.1, 0.15) is 17.2 Å². The molecule has 0 saturated carbocycles. The summed E-state index contributed by atoms with van der Waals surface area (Å²) in [6.45, 7) is 13.4. The van der Waals surface area contributed by atoms with Crippen LogP contribution in [-0.4, -0.2) is 48.4 Å². The second kappa shape index (κ2) is 13.3. The Bertz CT molecular complexity index is 1320. The first-order valence-electron chi connectivity index (χ1n) is 14.1. The normalized spacial score (nSPS) is 16.9. The van der Waals surface area contributed by atoms with Crippen molar-refractivity contribution in [1.29, 1.82) is 0 Å². The van der Waals surface area contributed by atoms with E-state index in [1.165, 1.54) is 0 Å². The van der Waals surface area contributed by atoms with E-state index in [2.05, 4.69) is 10.2 Å². The molecular weight excluding hydrogens is 544 g/mol. The first-order valence-corrected chi connectivity index (χ1v) is 14.1. The van der Waals surface area contributed by atoms with E-state index < -0.39 is 34.2 Å². The standard InChI is InChI=1S/C31H42N2O9/c1-19-20(2)26-24(21(3)25(19)38-8)14-15-31(7,42-26)29(35)41-27(28(34)32-30(4,5)6)22-12-11-13-23(18-22)39-16-9-10-17-40-33(36)37/h11-13,18,27H,9-10,14-17H2,1-8H3,(H,32,34). The maximum Gasteiger partial charge on any atom is 0.351 e. The van der Waals surface area contributed by atoms with Crippen LogP contribution >= 0.6 is 0 Å². The number of ether oxygens (including phenoxy) is 4. The van der Waals surface area contributed by atoms with E-state index in [0.29, 0.717) is 42.7 Å². The number of amides is 1. The van der Waals surface area contributed by atoms with Gasteiger partial charge < -0.3 is 29.1 Å². The Hall–Kier alpha value is -4.02. The molecule has 1 heterocycles. The van der Waals surface area contributed by atoms with Gasteiger partial charge in [-0.2, -0.15) is 0 Å². The lowest BCUT2D eigenvalue weighted by Crippen LogP contribution is -2.49. The van der Waals surface area contributed by atoms with Crippen molar-refractivity contribution in [2.45, 2.75) is 91.4 Å². The third-order valence-electron chi connectivity index (χ3n) is 7.25. The fourth-order valence-electron chi connectivity index (χ4n) is 4.92. The molecule has 1 N–H and O–H groups in total. The van der Waals surface area contributed by atoms with Crippen LogP contribution in [0.15, 0.2) is 24.3 Å². The highest BCUT2D eigenvalue weighted by atomic mass is 16.9. The zero-order valence-corrected chi connectivity index (χ0v) is 25.8.